The van der Waals surface area contributed by atoms with Crippen molar-refractivity contribution in [3.05, 3.63) is 89.0 Å². The summed E-state index contributed by atoms with van der Waals surface area (Å²) in [6, 6.07) is 19.6. The molecule has 1 aliphatic carbocycles. The molecule has 1 atom stereocenters. The molecule has 0 aliphatic heterocycles. The first-order valence-electron chi connectivity index (χ1n) is 12.5. The maximum absolute atomic E-state index is 13.6. The molecule has 1 aliphatic rings. The molecule has 1 N–H and O–H groups in total. The normalized spacial score (nSPS) is 14.0. The second-order valence-electron chi connectivity index (χ2n) is 9.29. The van der Waals surface area contributed by atoms with Gasteiger partial charge >= 0.3 is 0 Å². The summed E-state index contributed by atoms with van der Waals surface area (Å²) >= 11 is 0. The quantitative estimate of drug-likeness (QED) is 0.425. The minimum Gasteiger partial charge on any atom is -0.497 e. The van der Waals surface area contributed by atoms with Crippen LogP contribution in [0.25, 0.3) is 0 Å². The van der Waals surface area contributed by atoms with E-state index < -0.39 is 10.0 Å². The number of amides is 1. The van der Waals surface area contributed by atoms with E-state index in [0.29, 0.717) is 17.9 Å². The fourth-order valence-corrected chi connectivity index (χ4v) is 6.08. The zero-order valence-corrected chi connectivity index (χ0v) is 22.0. The third-order valence-corrected chi connectivity index (χ3v) is 8.56. The van der Waals surface area contributed by atoms with Crippen LogP contribution in [0.1, 0.15) is 54.5 Å². The number of hydrogen-bond donors (Lipinski definition) is 1. The van der Waals surface area contributed by atoms with Crippen LogP contribution < -0.4 is 14.4 Å². The van der Waals surface area contributed by atoms with Gasteiger partial charge in [-0.2, -0.15) is 0 Å². The molecule has 0 heterocycles. The predicted octanol–water partition coefficient (Wildman–Crippen LogP) is 5.35. The number of nitrogens with one attached hydrogen (secondary N) is 1. The molecule has 0 radical (unpaired) electrons. The average Bonchev–Trinajstić information content (AvgIpc) is 2.90. The molecule has 1 unspecified atom stereocenters. The Morgan fingerprint density at radius 3 is 2.28 bits per heavy atom. The zero-order valence-electron chi connectivity index (χ0n) is 21.2. The van der Waals surface area contributed by atoms with Crippen molar-refractivity contribution in [3.8, 4) is 5.75 Å². The van der Waals surface area contributed by atoms with Crippen molar-refractivity contribution in [1.29, 1.82) is 0 Å². The number of nitrogens with zero attached hydrogens (tertiary/aromatic N) is 1. The van der Waals surface area contributed by atoms with Crippen molar-refractivity contribution in [2.75, 3.05) is 18.0 Å². The lowest BCUT2D eigenvalue weighted by Gasteiger charge is -2.26. The van der Waals surface area contributed by atoms with E-state index in [2.05, 4.69) is 23.5 Å². The smallest absolute Gasteiger partial charge is 0.264 e. The number of carbonyl (C=O) groups is 1. The molecule has 0 fully saturated rings. The van der Waals surface area contributed by atoms with Crippen molar-refractivity contribution in [2.24, 2.45) is 0 Å². The molecule has 0 spiro atoms. The topological polar surface area (TPSA) is 75.7 Å². The minimum atomic E-state index is -3.97. The van der Waals surface area contributed by atoms with Gasteiger partial charge in [0.05, 0.1) is 23.7 Å². The maximum Gasteiger partial charge on any atom is 0.264 e. The summed E-state index contributed by atoms with van der Waals surface area (Å²) in [5, 5.41) is 3.08. The third kappa shape index (κ3) is 5.73. The van der Waals surface area contributed by atoms with Gasteiger partial charge in [0.1, 0.15) is 12.3 Å². The summed E-state index contributed by atoms with van der Waals surface area (Å²) in [7, 11) is -2.42. The summed E-state index contributed by atoms with van der Waals surface area (Å²) in [5.74, 6) is 0.250. The Morgan fingerprint density at radius 2 is 1.64 bits per heavy atom. The molecular weight excluding hydrogens is 472 g/mol. The summed E-state index contributed by atoms with van der Waals surface area (Å²) in [6.45, 7) is 3.59. The monoisotopic (exact) mass is 506 g/mol. The molecule has 0 bridgehead atoms. The number of carbonyl (C=O) groups excluding carboxylic acids is 1. The first-order chi connectivity index (χ1) is 17.3. The lowest BCUT2D eigenvalue weighted by Crippen LogP contribution is -2.42. The van der Waals surface area contributed by atoms with E-state index in [4.69, 9.17) is 4.74 Å². The van der Waals surface area contributed by atoms with Crippen LogP contribution in [0, 0.1) is 6.92 Å². The Balaban J connectivity index is 1.60. The number of hydrogen-bond acceptors (Lipinski definition) is 4. The minimum absolute atomic E-state index is 0.137. The second-order valence-corrected chi connectivity index (χ2v) is 11.1. The van der Waals surface area contributed by atoms with Gasteiger partial charge < -0.3 is 10.1 Å². The van der Waals surface area contributed by atoms with E-state index in [1.54, 1.807) is 55.6 Å². The van der Waals surface area contributed by atoms with Crippen molar-refractivity contribution in [3.63, 3.8) is 0 Å². The first-order valence-corrected chi connectivity index (χ1v) is 13.9. The van der Waals surface area contributed by atoms with Gasteiger partial charge in [-0.1, -0.05) is 42.8 Å². The van der Waals surface area contributed by atoms with E-state index >= 15 is 0 Å². The Kier molecular flexibility index (Phi) is 7.99. The second kappa shape index (κ2) is 11.2. The van der Waals surface area contributed by atoms with Crippen molar-refractivity contribution < 1.29 is 17.9 Å². The molecule has 7 heteroatoms. The van der Waals surface area contributed by atoms with Gasteiger partial charge in [-0.05, 0) is 92.1 Å². The standard InChI is InChI=1S/C29H34N2O4S/c1-4-28(24-12-11-22-7-5-6-8-23(22)19-24)30-29(32)20-31(25-13-15-26(35-3)16-14-25)36(33,34)27-17-9-21(2)10-18-27/h9-19,28H,4-8,20H2,1-3H3,(H,30,32). The first kappa shape index (κ1) is 25.8. The number of fused-ring (bicyclic) bond motifs is 1. The predicted molar refractivity (Wildman–Crippen MR) is 143 cm³/mol. The summed E-state index contributed by atoms with van der Waals surface area (Å²) in [4.78, 5) is 13.4. The number of rotatable bonds is 9. The molecule has 3 aromatic rings. The van der Waals surface area contributed by atoms with E-state index in [0.717, 1.165) is 28.3 Å². The fourth-order valence-electron chi connectivity index (χ4n) is 4.66. The van der Waals surface area contributed by atoms with Crippen LogP contribution >= 0.6 is 0 Å². The van der Waals surface area contributed by atoms with Gasteiger partial charge in [0.25, 0.3) is 10.0 Å². The molecule has 190 valence electrons. The summed E-state index contributed by atoms with van der Waals surface area (Å²) in [5.41, 5.74) is 5.16. The van der Waals surface area contributed by atoms with Crippen LogP contribution in [0.4, 0.5) is 5.69 Å². The van der Waals surface area contributed by atoms with Gasteiger partial charge in [0.15, 0.2) is 0 Å². The number of methoxy groups -OCH3 is 1. The number of ether oxygens (including phenoxy) is 1. The van der Waals surface area contributed by atoms with Crippen LogP contribution in [0.2, 0.25) is 0 Å². The lowest BCUT2D eigenvalue weighted by molar-refractivity contribution is -0.120. The van der Waals surface area contributed by atoms with Crippen LogP contribution in [0.5, 0.6) is 5.75 Å². The van der Waals surface area contributed by atoms with Gasteiger partial charge in [-0.25, -0.2) is 8.42 Å². The van der Waals surface area contributed by atoms with E-state index in [1.807, 2.05) is 13.8 Å². The highest BCUT2D eigenvalue weighted by molar-refractivity contribution is 7.92. The molecule has 3 aromatic carbocycles. The Bertz CT molecular complexity index is 1300. The lowest BCUT2D eigenvalue weighted by atomic mass is 9.89. The Hall–Kier alpha value is -3.32. The number of benzene rings is 3. The van der Waals surface area contributed by atoms with E-state index in [1.165, 1.54) is 24.0 Å². The van der Waals surface area contributed by atoms with Gasteiger partial charge in [0.2, 0.25) is 5.91 Å². The van der Waals surface area contributed by atoms with Gasteiger partial charge in [0, 0.05) is 0 Å². The fraction of sp³-hybridized carbons (Fsp3) is 0.345. The highest BCUT2D eigenvalue weighted by Crippen LogP contribution is 2.28. The van der Waals surface area contributed by atoms with E-state index in [9.17, 15) is 13.2 Å². The average molecular weight is 507 g/mol. The molecule has 0 saturated carbocycles. The zero-order chi connectivity index (χ0) is 25.7. The number of aryl methyl sites for hydroxylation is 3. The van der Waals surface area contributed by atoms with Crippen molar-refractivity contribution in [1.82, 2.24) is 5.32 Å². The molecule has 36 heavy (non-hydrogen) atoms. The highest BCUT2D eigenvalue weighted by atomic mass is 32.2. The molecule has 4 rings (SSSR count). The summed E-state index contributed by atoms with van der Waals surface area (Å²) < 4.78 is 33.6. The van der Waals surface area contributed by atoms with Crippen molar-refractivity contribution >= 4 is 21.6 Å². The molecular formula is C29H34N2O4S. The van der Waals surface area contributed by atoms with Crippen LogP contribution in [0.15, 0.2) is 71.6 Å². The van der Waals surface area contributed by atoms with Crippen LogP contribution in [-0.4, -0.2) is 28.0 Å². The number of anilines is 1. The molecule has 1 amide bonds. The molecule has 6 nitrogen and oxygen atoms in total. The van der Waals surface area contributed by atoms with Crippen LogP contribution in [-0.2, 0) is 27.7 Å². The molecule has 0 aromatic heterocycles. The van der Waals surface area contributed by atoms with E-state index in [-0.39, 0.29) is 23.4 Å². The Morgan fingerprint density at radius 1 is 0.972 bits per heavy atom. The van der Waals surface area contributed by atoms with Crippen molar-refractivity contribution in [2.45, 2.75) is 56.9 Å². The van der Waals surface area contributed by atoms with Gasteiger partial charge in [-0.15, -0.1) is 0 Å². The van der Waals surface area contributed by atoms with Gasteiger partial charge in [-0.3, -0.25) is 9.10 Å². The third-order valence-electron chi connectivity index (χ3n) is 6.77. The van der Waals surface area contributed by atoms with Crippen LogP contribution in [0.3, 0.4) is 0 Å². The molecule has 0 saturated heterocycles. The SMILES string of the molecule is CCC(NC(=O)CN(c1ccc(OC)cc1)S(=O)(=O)c1ccc(C)cc1)c1ccc2c(c1)CCCC2. The highest BCUT2D eigenvalue weighted by Gasteiger charge is 2.28. The largest absolute Gasteiger partial charge is 0.497 e. The summed E-state index contributed by atoms with van der Waals surface area (Å²) in [6.07, 6.45) is 5.28. The Labute approximate surface area is 214 Å². The maximum atomic E-state index is 13.6. The number of sulfonamides is 1.